The minimum atomic E-state index is -0.320. The summed E-state index contributed by atoms with van der Waals surface area (Å²) in [6.07, 6.45) is 0. The van der Waals surface area contributed by atoms with Crippen LogP contribution in [0, 0.1) is 10.1 Å². The van der Waals surface area contributed by atoms with E-state index in [1.165, 1.54) is 11.3 Å². The predicted molar refractivity (Wildman–Crippen MR) is 92.8 cm³/mol. The molecule has 7 heteroatoms. The minimum Gasteiger partial charge on any atom is -0.316 e. The number of nitro benzene ring substituents is 1. The van der Waals surface area contributed by atoms with E-state index >= 15 is 0 Å². The van der Waals surface area contributed by atoms with Crippen molar-refractivity contribution >= 4 is 27.2 Å². The van der Waals surface area contributed by atoms with Gasteiger partial charge < -0.3 is 5.32 Å². The smallest absolute Gasteiger partial charge is 0.316 e. The van der Waals surface area contributed by atoms with Crippen LogP contribution in [-0.4, -0.2) is 31.1 Å². The Morgan fingerprint density at radius 3 is 2.70 bits per heavy atom. The van der Waals surface area contributed by atoms with Crippen molar-refractivity contribution in [2.24, 2.45) is 0 Å². The van der Waals surface area contributed by atoms with Crippen LogP contribution in [0.2, 0.25) is 0 Å². The summed E-state index contributed by atoms with van der Waals surface area (Å²) in [5.41, 5.74) is 2.75. The van der Waals surface area contributed by atoms with Gasteiger partial charge in [-0.1, -0.05) is 6.07 Å². The van der Waals surface area contributed by atoms with E-state index in [0.717, 1.165) is 22.3 Å². The first-order chi connectivity index (χ1) is 11.0. The van der Waals surface area contributed by atoms with Gasteiger partial charge in [0.05, 0.1) is 20.8 Å². The van der Waals surface area contributed by atoms with Crippen molar-refractivity contribution in [3.8, 4) is 10.6 Å². The van der Waals surface area contributed by atoms with Gasteiger partial charge >= 0.3 is 5.69 Å². The maximum atomic E-state index is 11.6. The van der Waals surface area contributed by atoms with Gasteiger partial charge in [-0.3, -0.25) is 10.1 Å². The van der Waals surface area contributed by atoms with Crippen molar-refractivity contribution in [3.63, 3.8) is 0 Å². The van der Waals surface area contributed by atoms with Crippen molar-refractivity contribution in [1.29, 1.82) is 0 Å². The third-order valence-electron chi connectivity index (χ3n) is 3.61. The monoisotopic (exact) mass is 329 g/mol. The molecular formula is C16H17N4O2S+. The van der Waals surface area contributed by atoms with Crippen molar-refractivity contribution < 1.29 is 4.92 Å². The lowest BCUT2D eigenvalue weighted by Crippen LogP contribution is -2.25. The molecule has 1 aromatic rings. The molecule has 23 heavy (non-hydrogen) atoms. The summed E-state index contributed by atoms with van der Waals surface area (Å²) in [6.45, 7) is 0.751. The number of nitrogens with zero attached hydrogens (tertiary/aromatic N) is 3. The largest absolute Gasteiger partial charge is 0.358 e. The fourth-order valence-corrected chi connectivity index (χ4v) is 3.71. The molecule has 0 fully saturated rings. The normalized spacial score (nSPS) is 11.1. The van der Waals surface area contributed by atoms with Crippen LogP contribution < -0.4 is 15.2 Å². The number of rotatable bonds is 3. The van der Waals surface area contributed by atoms with E-state index in [4.69, 9.17) is 0 Å². The highest BCUT2D eigenvalue weighted by atomic mass is 32.1. The maximum absolute atomic E-state index is 11.6. The van der Waals surface area contributed by atoms with Gasteiger partial charge in [-0.25, -0.2) is 9.56 Å². The van der Waals surface area contributed by atoms with Crippen molar-refractivity contribution in [1.82, 2.24) is 14.9 Å². The fourth-order valence-electron chi connectivity index (χ4n) is 2.56. The average molecular weight is 329 g/mol. The summed E-state index contributed by atoms with van der Waals surface area (Å²) in [6, 6.07) is 9.61. The number of hydrogen-bond donors (Lipinski definition) is 1. The SMILES string of the molecule is CNCc1ccc2nc3ccc(=[N+](C)C)c([N+](=O)[O-])c-3sc2c1. The molecule has 6 nitrogen and oxygen atoms in total. The highest BCUT2D eigenvalue weighted by Crippen LogP contribution is 2.35. The number of aromatic nitrogens is 1. The van der Waals surface area contributed by atoms with E-state index < -0.39 is 0 Å². The summed E-state index contributed by atoms with van der Waals surface area (Å²) in [5, 5.41) is 15.3. The molecule has 0 bridgehead atoms. The summed E-state index contributed by atoms with van der Waals surface area (Å²) < 4.78 is 2.70. The molecule has 118 valence electrons. The molecule has 1 heterocycles. The highest BCUT2D eigenvalue weighted by Gasteiger charge is 2.26. The molecular weight excluding hydrogens is 312 g/mol. The van der Waals surface area contributed by atoms with Crippen LogP contribution >= 0.6 is 11.3 Å². The van der Waals surface area contributed by atoms with Crippen LogP contribution in [0.15, 0.2) is 30.3 Å². The number of fused-ring (bicyclic) bond motifs is 2. The van der Waals surface area contributed by atoms with Gasteiger partial charge in [0, 0.05) is 12.6 Å². The predicted octanol–water partition coefficient (Wildman–Crippen LogP) is 2.06. The van der Waals surface area contributed by atoms with Crippen LogP contribution in [0.5, 0.6) is 0 Å². The lowest BCUT2D eigenvalue weighted by Gasteiger charge is -2.08. The zero-order valence-electron chi connectivity index (χ0n) is 13.2. The third-order valence-corrected chi connectivity index (χ3v) is 4.77. The Balaban J connectivity index is 2.39. The quantitative estimate of drug-likeness (QED) is 0.346. The zero-order chi connectivity index (χ0) is 16.6. The molecule has 1 aliphatic carbocycles. The van der Waals surface area contributed by atoms with Crippen LogP contribution in [-0.2, 0) is 6.54 Å². The number of hydrogen-bond acceptors (Lipinski definition) is 5. The lowest BCUT2D eigenvalue weighted by atomic mass is 10.2. The fraction of sp³-hybridized carbons (Fsp3) is 0.250. The van der Waals surface area contributed by atoms with Gasteiger partial charge in [0.15, 0.2) is 0 Å². The molecule has 0 saturated carbocycles. The second kappa shape index (κ2) is 6.02. The third kappa shape index (κ3) is 2.80. The van der Waals surface area contributed by atoms with Crippen molar-refractivity contribution in [2.45, 2.75) is 6.54 Å². The first-order valence-electron chi connectivity index (χ1n) is 7.17. The summed E-state index contributed by atoms with van der Waals surface area (Å²) in [5.74, 6) is 0. The highest BCUT2D eigenvalue weighted by molar-refractivity contribution is 7.21. The second-order valence-electron chi connectivity index (χ2n) is 5.48. The van der Waals surface area contributed by atoms with E-state index in [0.29, 0.717) is 15.9 Å². The Morgan fingerprint density at radius 1 is 1.26 bits per heavy atom. The molecule has 0 spiro atoms. The van der Waals surface area contributed by atoms with E-state index in [1.807, 2.05) is 31.3 Å². The van der Waals surface area contributed by atoms with Gasteiger partial charge in [0.25, 0.3) is 5.36 Å². The standard InChI is InChI=1S/C16H17N4O2S/c1-17-9-10-4-5-11-14(8-10)23-16-12(18-11)6-7-13(19(2)3)15(16)20(21)22/h4-8,17H,9H2,1-3H3/q+1. The Bertz CT molecular complexity index is 945. The topological polar surface area (TPSA) is 71.1 Å². The molecule has 1 aromatic carbocycles. The van der Waals surface area contributed by atoms with Crippen molar-refractivity contribution in [2.75, 3.05) is 21.1 Å². The van der Waals surface area contributed by atoms with Gasteiger partial charge in [-0.15, -0.1) is 11.3 Å². The minimum absolute atomic E-state index is 0.117. The zero-order valence-corrected chi connectivity index (χ0v) is 14.0. The van der Waals surface area contributed by atoms with Gasteiger partial charge in [-0.05, 0) is 30.8 Å². The first-order valence-corrected chi connectivity index (χ1v) is 7.98. The molecule has 1 aliphatic heterocycles. The Kier molecular flexibility index (Phi) is 4.06. The molecule has 3 rings (SSSR count). The van der Waals surface area contributed by atoms with Crippen molar-refractivity contribution in [3.05, 3.63) is 51.4 Å². The summed E-state index contributed by atoms with van der Waals surface area (Å²) in [7, 11) is 5.50. The van der Waals surface area contributed by atoms with Crippen LogP contribution in [0.1, 0.15) is 5.56 Å². The first kappa shape index (κ1) is 15.5. The van der Waals surface area contributed by atoms with E-state index in [9.17, 15) is 10.1 Å². The van der Waals surface area contributed by atoms with E-state index in [2.05, 4.69) is 10.3 Å². The molecule has 0 unspecified atom stereocenters. The average Bonchev–Trinajstić information content (AvgIpc) is 2.51. The number of nitrogens with one attached hydrogen (secondary N) is 1. The van der Waals surface area contributed by atoms with Gasteiger partial charge in [-0.2, -0.15) is 0 Å². The molecule has 0 saturated heterocycles. The number of benzene rings is 2. The van der Waals surface area contributed by atoms with Crippen LogP contribution in [0.25, 0.3) is 20.8 Å². The maximum Gasteiger partial charge on any atom is 0.358 e. The molecule has 0 amide bonds. The van der Waals surface area contributed by atoms with Gasteiger partial charge in [0.2, 0.25) is 0 Å². The van der Waals surface area contributed by atoms with Gasteiger partial charge in [0.1, 0.15) is 19.0 Å². The van der Waals surface area contributed by atoms with E-state index in [-0.39, 0.29) is 10.6 Å². The summed E-state index contributed by atoms with van der Waals surface area (Å²) >= 11 is 1.42. The molecule has 0 radical (unpaired) electrons. The lowest BCUT2D eigenvalue weighted by molar-refractivity contribution is -0.385. The molecule has 0 aromatic heterocycles. The Labute approximate surface area is 137 Å². The van der Waals surface area contributed by atoms with Crippen LogP contribution in [0.4, 0.5) is 5.69 Å². The molecule has 1 N–H and O–H groups in total. The Morgan fingerprint density at radius 2 is 2.04 bits per heavy atom. The van der Waals surface area contributed by atoms with Crippen LogP contribution in [0.3, 0.4) is 0 Å². The molecule has 2 aliphatic rings. The Hall–Kier alpha value is -2.38. The van der Waals surface area contributed by atoms with E-state index in [1.54, 1.807) is 24.7 Å². The number of nitro groups is 1. The molecule has 0 atom stereocenters. The summed E-state index contributed by atoms with van der Waals surface area (Å²) in [4.78, 5) is 16.5. The second-order valence-corrected chi connectivity index (χ2v) is 6.53.